The summed E-state index contributed by atoms with van der Waals surface area (Å²) in [6, 6.07) is 113. The molecule has 114 heavy (non-hydrogen) atoms. The van der Waals surface area contributed by atoms with Crippen LogP contribution in [0.3, 0.4) is 0 Å². The zero-order valence-corrected chi connectivity index (χ0v) is 65.4. The SMILES string of the molecule is [2H]c1c([2H])c([2H])c2c(c1[2H])c1c([2H])c([2H])c([2H])c([2H])c1n2-c1ccc2c(c1)N(c1cc(-c3ccccc3)cc(-c3ccccc3)c1)c1cc(-c3cc(C(C)(C)C)cc(C(C)(C)C)c3)cc3c1B2c1ccc(N(c2ccccc2)c2ccc(-n4c5ccccc5c5ccccc54)cc2)cc1N3c1c(-c2ccccc2)cc(C(C)(C)C)cc1-c1ccccc1. The Bertz CT molecular complexity index is 7010. The van der Waals surface area contributed by atoms with Gasteiger partial charge in [0.05, 0.1) is 38.7 Å². The van der Waals surface area contributed by atoms with Gasteiger partial charge in [0.25, 0.3) is 6.71 Å². The van der Waals surface area contributed by atoms with Gasteiger partial charge in [0.15, 0.2) is 0 Å². The molecule has 0 N–H and O–H groups in total. The summed E-state index contributed by atoms with van der Waals surface area (Å²) in [7, 11) is 0. The van der Waals surface area contributed by atoms with Crippen LogP contribution in [-0.4, -0.2) is 15.8 Å². The molecule has 0 saturated carbocycles. The number of aromatic nitrogens is 2. The molecule has 0 unspecified atom stereocenters. The van der Waals surface area contributed by atoms with Gasteiger partial charge in [0.2, 0.25) is 0 Å². The van der Waals surface area contributed by atoms with E-state index in [1.807, 2.05) is 18.2 Å². The highest BCUT2D eigenvalue weighted by molar-refractivity contribution is 7.00. The molecular formula is C108H88BN5. The summed E-state index contributed by atoms with van der Waals surface area (Å²) in [6.07, 6.45) is 0. The van der Waals surface area contributed by atoms with Crippen molar-refractivity contribution in [2.45, 2.75) is 78.6 Å². The molecule has 0 aliphatic carbocycles. The first kappa shape index (κ1) is 61.3. The van der Waals surface area contributed by atoms with Crippen molar-refractivity contribution < 1.29 is 11.0 Å². The van der Waals surface area contributed by atoms with Gasteiger partial charge in [-0.1, -0.05) is 305 Å². The monoisotopic (exact) mass is 1470 g/mol. The van der Waals surface area contributed by atoms with Crippen molar-refractivity contribution in [1.29, 1.82) is 0 Å². The summed E-state index contributed by atoms with van der Waals surface area (Å²) >= 11 is 0. The lowest BCUT2D eigenvalue weighted by atomic mass is 9.33. The van der Waals surface area contributed by atoms with Gasteiger partial charge in [-0.25, -0.2) is 0 Å². The van der Waals surface area contributed by atoms with Crippen LogP contribution >= 0.6 is 0 Å². The van der Waals surface area contributed by atoms with Gasteiger partial charge in [0.1, 0.15) is 0 Å². The van der Waals surface area contributed by atoms with Gasteiger partial charge in [-0.3, -0.25) is 0 Å². The first-order valence-corrected chi connectivity index (χ1v) is 39.5. The maximum absolute atomic E-state index is 9.93. The van der Waals surface area contributed by atoms with Crippen molar-refractivity contribution in [2.75, 3.05) is 14.7 Å². The Morgan fingerprint density at radius 2 is 0.667 bits per heavy atom. The Kier molecular flexibility index (Phi) is 14.6. The summed E-state index contributed by atoms with van der Waals surface area (Å²) in [4.78, 5) is 7.38. The largest absolute Gasteiger partial charge is 0.311 e. The fraction of sp³-hybridized carbons (Fsp3) is 0.111. The van der Waals surface area contributed by atoms with Crippen LogP contribution in [-0.2, 0) is 16.2 Å². The van der Waals surface area contributed by atoms with Gasteiger partial charge >= 0.3 is 0 Å². The number of anilines is 9. The van der Waals surface area contributed by atoms with Crippen LogP contribution < -0.4 is 31.1 Å². The standard InChI is InChI=1S/C108H88BN5/c1-106(2,3)79-60-77(61-80(66-79)107(4,5)6)78-64-102-104-103(65-78)114(105-92(73-37-19-12-20-38-73)67-81(108(7,8)9)68-93(105)74-39-21-13-22-40-74)101-69-85(110(82-41-23-14-24-42-82)83-51-53-84(54-52-83)111-96-47-29-25-43-88(96)89-44-26-30-48-97(89)111)55-57-95(101)109(104)94-58-56-86(112-98-49-31-27-45-90(98)91-46-28-32-50-99(91)112)70-100(94)113(102)87-62-75(71-33-15-10-16-34-71)59-76(63-87)72-35-17-11-18-36-72/h10-70H,1-9H3/i27D,28D,31D,32D,45D,46D,49D,50D. The summed E-state index contributed by atoms with van der Waals surface area (Å²) < 4.78 is 80.2. The topological polar surface area (TPSA) is 19.6 Å². The van der Waals surface area contributed by atoms with E-state index in [0.717, 1.165) is 140 Å². The molecule has 4 heterocycles. The molecular weight excluding hydrogens is 1380 g/mol. The summed E-state index contributed by atoms with van der Waals surface area (Å²) in [6.45, 7) is 20.1. The zero-order valence-electron chi connectivity index (χ0n) is 73.4. The van der Waals surface area contributed by atoms with Crippen LogP contribution in [0.5, 0.6) is 0 Å². The molecule has 20 rings (SSSR count). The van der Waals surface area contributed by atoms with Gasteiger partial charge in [-0.15, -0.1) is 0 Å². The first-order chi connectivity index (χ1) is 58.8. The number of hydrogen-bond donors (Lipinski definition) is 0. The van der Waals surface area contributed by atoms with Crippen LogP contribution in [0.4, 0.5) is 51.2 Å². The van der Waals surface area contributed by atoms with Crippen molar-refractivity contribution in [1.82, 2.24) is 9.13 Å². The Balaban J connectivity index is 0.958. The predicted molar refractivity (Wildman–Crippen MR) is 487 cm³/mol. The number of benzene rings is 16. The maximum Gasteiger partial charge on any atom is 0.252 e. The van der Waals surface area contributed by atoms with Crippen molar-refractivity contribution >= 4 is 118 Å². The minimum atomic E-state index is -0.552. The quantitative estimate of drug-likeness (QED) is 0.114. The second-order valence-corrected chi connectivity index (χ2v) is 33.6. The molecule has 16 aromatic carbocycles. The van der Waals surface area contributed by atoms with Gasteiger partial charge in [0, 0.05) is 89.5 Å². The van der Waals surface area contributed by atoms with Crippen molar-refractivity contribution in [3.05, 3.63) is 387 Å². The van der Waals surface area contributed by atoms with Crippen molar-refractivity contribution in [3.63, 3.8) is 0 Å². The highest BCUT2D eigenvalue weighted by Gasteiger charge is 2.46. The van der Waals surface area contributed by atoms with Crippen LogP contribution in [0, 0.1) is 0 Å². The van der Waals surface area contributed by atoms with E-state index in [1.165, 1.54) is 27.5 Å². The predicted octanol–water partition coefficient (Wildman–Crippen LogP) is 27.7. The van der Waals surface area contributed by atoms with Gasteiger partial charge in [-0.05, 0) is 221 Å². The van der Waals surface area contributed by atoms with Crippen LogP contribution in [0.2, 0.25) is 0 Å². The highest BCUT2D eigenvalue weighted by Crippen LogP contribution is 2.55. The maximum atomic E-state index is 9.93. The number of fused-ring (bicyclic) bond motifs is 10. The van der Waals surface area contributed by atoms with Crippen molar-refractivity contribution in [2.24, 2.45) is 0 Å². The van der Waals surface area contributed by atoms with E-state index in [4.69, 9.17) is 2.74 Å². The molecule has 0 fully saturated rings. The van der Waals surface area contributed by atoms with Crippen LogP contribution in [0.15, 0.2) is 370 Å². The van der Waals surface area contributed by atoms with Crippen LogP contribution in [0.25, 0.3) is 111 Å². The summed E-state index contributed by atoms with van der Waals surface area (Å²) in [5, 5.41) is 2.38. The Labute approximate surface area is 680 Å². The number of rotatable bonds is 12. The lowest BCUT2D eigenvalue weighted by Gasteiger charge is -2.46. The lowest BCUT2D eigenvalue weighted by Crippen LogP contribution is -2.61. The molecule has 0 atom stereocenters. The minimum Gasteiger partial charge on any atom is -0.311 e. The average molecular weight is 1470 g/mol. The van der Waals surface area contributed by atoms with E-state index < -0.39 is 43.0 Å². The van der Waals surface area contributed by atoms with E-state index in [-0.39, 0.29) is 50.1 Å². The van der Waals surface area contributed by atoms with E-state index in [1.54, 1.807) is 4.57 Å². The third-order valence-electron chi connectivity index (χ3n) is 23.3. The molecule has 2 aliphatic heterocycles. The number of hydrogen-bond acceptors (Lipinski definition) is 3. The average Bonchev–Trinajstić information content (AvgIpc) is 0.795. The second-order valence-electron chi connectivity index (χ2n) is 33.6. The number of para-hydroxylation sites is 5. The fourth-order valence-corrected chi connectivity index (χ4v) is 17.6. The molecule has 0 radical (unpaired) electrons. The Morgan fingerprint density at radius 1 is 0.272 bits per heavy atom. The molecule has 0 amide bonds. The lowest BCUT2D eigenvalue weighted by molar-refractivity contribution is 0.569. The summed E-state index contributed by atoms with van der Waals surface area (Å²) in [5.74, 6) is 0. The molecule has 6 heteroatoms. The zero-order chi connectivity index (χ0) is 84.3. The van der Waals surface area contributed by atoms with Crippen molar-refractivity contribution in [3.8, 4) is 67.0 Å². The second kappa shape index (κ2) is 27.2. The Hall–Kier alpha value is -13.4. The molecule has 548 valence electrons. The first-order valence-electron chi connectivity index (χ1n) is 43.5. The Morgan fingerprint density at radius 3 is 1.18 bits per heavy atom. The minimum absolute atomic E-state index is 0.00314. The summed E-state index contributed by atoms with van der Waals surface area (Å²) in [5.41, 5.74) is 27.6. The van der Waals surface area contributed by atoms with Crippen LogP contribution in [0.1, 0.15) is 90.0 Å². The smallest absolute Gasteiger partial charge is 0.252 e. The van der Waals surface area contributed by atoms with E-state index >= 15 is 0 Å². The van der Waals surface area contributed by atoms with E-state index in [2.05, 4.69) is 385 Å². The molecule has 18 aromatic rings. The highest BCUT2D eigenvalue weighted by atomic mass is 15.2. The molecule has 2 aromatic heterocycles. The molecule has 5 nitrogen and oxygen atoms in total. The molecule has 0 saturated heterocycles. The third kappa shape index (κ3) is 11.9. The molecule has 2 aliphatic rings. The normalized spacial score (nSPS) is 13.7. The van der Waals surface area contributed by atoms with E-state index in [9.17, 15) is 8.22 Å². The van der Waals surface area contributed by atoms with Gasteiger partial charge < -0.3 is 23.8 Å². The van der Waals surface area contributed by atoms with E-state index in [0.29, 0.717) is 5.69 Å². The molecule has 0 spiro atoms. The third-order valence-corrected chi connectivity index (χ3v) is 23.3. The fourth-order valence-electron chi connectivity index (χ4n) is 17.6. The number of nitrogens with zero attached hydrogens (tertiary/aromatic N) is 5. The van der Waals surface area contributed by atoms with Gasteiger partial charge in [-0.2, -0.15) is 0 Å². The molecule has 0 bridgehead atoms.